The molecule has 0 spiro atoms. The number of phenolic OH excluding ortho intramolecular Hbond substituents is 1. The Hall–Kier alpha value is -2.39. The monoisotopic (exact) mass is 476 g/mol. The van der Waals surface area contributed by atoms with E-state index in [2.05, 4.69) is 10.2 Å². The van der Waals surface area contributed by atoms with Crippen LogP contribution in [0.25, 0.3) is 10.8 Å². The molecule has 14 heteroatoms. The molecule has 3 aromatic carbocycles. The molecule has 0 heterocycles. The van der Waals surface area contributed by atoms with Gasteiger partial charge in [-0.25, -0.2) is 4.79 Å². The number of hydrogen-bond acceptors (Lipinski definition) is 8. The van der Waals surface area contributed by atoms with Crippen LogP contribution in [0.3, 0.4) is 0 Å². The first-order chi connectivity index (χ1) is 13.9. The molecule has 158 valence electrons. The van der Waals surface area contributed by atoms with Gasteiger partial charge < -0.3 is 10.2 Å². The maximum atomic E-state index is 11.6. The number of aromatic carboxylic acids is 1. The number of phenols is 1. The van der Waals surface area contributed by atoms with Crippen LogP contribution in [0.2, 0.25) is 0 Å². The van der Waals surface area contributed by atoms with E-state index in [0.717, 1.165) is 24.3 Å². The molecule has 0 amide bonds. The molecule has 0 aromatic heterocycles. The Labute approximate surface area is 197 Å². The van der Waals surface area contributed by atoms with Gasteiger partial charge in [-0.2, -0.15) is 16.8 Å². The standard InChI is InChI=1S/C17H12N2O9S2.Na.H/c20-16-14(30(26,27)28)8-9-7-10(29(23,24)25)5-6-11(9)15(16)19-18-13-4-2-1-3-12(13)17(21)22;;/h1-8,20H,(H,21,22)(H,23,24,25)(H,26,27,28);;. The summed E-state index contributed by atoms with van der Waals surface area (Å²) in [5, 5.41) is 26.9. The fraction of sp³-hybridized carbons (Fsp3) is 0. The van der Waals surface area contributed by atoms with Crippen molar-refractivity contribution in [2.75, 3.05) is 0 Å². The average molecular weight is 476 g/mol. The predicted molar refractivity (Wildman–Crippen MR) is 110 cm³/mol. The van der Waals surface area contributed by atoms with Crippen LogP contribution in [0, 0.1) is 0 Å². The van der Waals surface area contributed by atoms with Crippen molar-refractivity contribution in [3.8, 4) is 5.75 Å². The number of azo groups is 1. The summed E-state index contributed by atoms with van der Waals surface area (Å²) in [6.45, 7) is 0. The van der Waals surface area contributed by atoms with Crippen molar-refractivity contribution in [1.82, 2.24) is 0 Å². The molecule has 0 bridgehead atoms. The third-order valence-electron chi connectivity index (χ3n) is 3.99. The Bertz CT molecular complexity index is 1440. The molecule has 0 unspecified atom stereocenters. The quantitative estimate of drug-likeness (QED) is 0.243. The molecule has 0 aliphatic carbocycles. The van der Waals surface area contributed by atoms with Crippen LogP contribution < -0.4 is 0 Å². The van der Waals surface area contributed by atoms with E-state index in [-0.39, 0.29) is 51.6 Å². The molecule has 0 aliphatic rings. The molecule has 0 aliphatic heterocycles. The molecule has 0 atom stereocenters. The summed E-state index contributed by atoms with van der Waals surface area (Å²) in [7, 11) is -9.59. The van der Waals surface area contributed by atoms with Crippen molar-refractivity contribution in [2.45, 2.75) is 9.79 Å². The van der Waals surface area contributed by atoms with Gasteiger partial charge in [0.2, 0.25) is 0 Å². The number of hydrogen-bond donors (Lipinski definition) is 4. The molecule has 0 fully saturated rings. The number of nitrogens with zero attached hydrogens (tertiary/aromatic N) is 2. The Morgan fingerprint density at radius 1 is 0.871 bits per heavy atom. The van der Waals surface area contributed by atoms with Gasteiger partial charge in [0.1, 0.15) is 16.3 Å². The fourth-order valence-electron chi connectivity index (χ4n) is 2.63. The molecule has 3 rings (SSSR count). The van der Waals surface area contributed by atoms with E-state index in [1.807, 2.05) is 0 Å². The van der Waals surface area contributed by atoms with E-state index in [9.17, 15) is 40.9 Å². The van der Waals surface area contributed by atoms with Crippen LogP contribution in [-0.4, -0.2) is 71.7 Å². The molecule has 0 radical (unpaired) electrons. The predicted octanol–water partition coefficient (Wildman–Crippen LogP) is 2.50. The number of fused-ring (bicyclic) bond motifs is 1. The molecular weight excluding hydrogens is 463 g/mol. The fourth-order valence-corrected chi connectivity index (χ4v) is 3.77. The normalized spacial score (nSPS) is 12.1. The molecule has 31 heavy (non-hydrogen) atoms. The molecule has 4 N–H and O–H groups in total. The number of carbonyl (C=O) groups is 1. The summed E-state index contributed by atoms with van der Waals surface area (Å²) in [5.74, 6) is -2.29. The summed E-state index contributed by atoms with van der Waals surface area (Å²) in [5.41, 5.74) is -0.795. The number of aromatic hydroxyl groups is 1. The van der Waals surface area contributed by atoms with E-state index in [0.29, 0.717) is 0 Å². The van der Waals surface area contributed by atoms with Gasteiger partial charge in [-0.05, 0) is 35.7 Å². The van der Waals surface area contributed by atoms with Crippen molar-refractivity contribution in [1.29, 1.82) is 0 Å². The second-order valence-corrected chi connectivity index (χ2v) is 8.74. The average Bonchev–Trinajstić information content (AvgIpc) is 2.65. The third-order valence-corrected chi connectivity index (χ3v) is 5.71. The van der Waals surface area contributed by atoms with Gasteiger partial charge >= 0.3 is 35.5 Å². The third kappa shape index (κ3) is 5.27. The van der Waals surface area contributed by atoms with Crippen molar-refractivity contribution in [3.05, 3.63) is 54.1 Å². The maximum absolute atomic E-state index is 11.6. The summed E-state index contributed by atoms with van der Waals surface area (Å²) in [6.07, 6.45) is 0. The molecule has 0 saturated carbocycles. The zero-order valence-electron chi connectivity index (χ0n) is 14.7. The second-order valence-electron chi connectivity index (χ2n) is 5.93. The van der Waals surface area contributed by atoms with Gasteiger partial charge in [0.25, 0.3) is 20.2 Å². The van der Waals surface area contributed by atoms with E-state index < -0.39 is 47.4 Å². The van der Waals surface area contributed by atoms with E-state index in [4.69, 9.17) is 0 Å². The first-order valence-electron chi connectivity index (χ1n) is 7.88. The van der Waals surface area contributed by atoms with Gasteiger partial charge in [-0.1, -0.05) is 18.2 Å². The van der Waals surface area contributed by atoms with Crippen molar-refractivity contribution < 1.29 is 40.9 Å². The Kier molecular flexibility index (Phi) is 7.22. The molecular formula is C17H13N2NaO9S2. The van der Waals surface area contributed by atoms with Crippen LogP contribution in [-0.2, 0) is 20.2 Å². The van der Waals surface area contributed by atoms with Gasteiger partial charge in [0.05, 0.1) is 10.5 Å². The van der Waals surface area contributed by atoms with E-state index >= 15 is 0 Å². The Morgan fingerprint density at radius 3 is 2.10 bits per heavy atom. The Balaban J connectivity index is 0.00000341. The van der Waals surface area contributed by atoms with Crippen LogP contribution in [0.1, 0.15) is 10.4 Å². The Morgan fingerprint density at radius 2 is 1.52 bits per heavy atom. The number of carboxylic acid groups (broad SMARTS) is 1. The second kappa shape index (κ2) is 9.00. The van der Waals surface area contributed by atoms with Crippen LogP contribution in [0.4, 0.5) is 11.4 Å². The van der Waals surface area contributed by atoms with Gasteiger partial charge in [0, 0.05) is 5.39 Å². The summed E-state index contributed by atoms with van der Waals surface area (Å²) < 4.78 is 64.6. The molecule has 3 aromatic rings. The first-order valence-corrected chi connectivity index (χ1v) is 10.8. The van der Waals surface area contributed by atoms with Crippen LogP contribution in [0.15, 0.2) is 68.6 Å². The first kappa shape index (κ1) is 24.9. The molecule has 0 saturated heterocycles. The zero-order chi connectivity index (χ0) is 22.3. The number of carboxylic acids is 1. The van der Waals surface area contributed by atoms with Crippen LogP contribution >= 0.6 is 0 Å². The van der Waals surface area contributed by atoms with Gasteiger partial charge in [-0.3, -0.25) is 9.11 Å². The molecule has 11 nitrogen and oxygen atoms in total. The topological polar surface area (TPSA) is 191 Å². The minimum atomic E-state index is -4.96. The van der Waals surface area contributed by atoms with Crippen molar-refractivity contribution in [2.24, 2.45) is 10.2 Å². The summed E-state index contributed by atoms with van der Waals surface area (Å²) in [4.78, 5) is 9.73. The van der Waals surface area contributed by atoms with E-state index in [1.165, 1.54) is 24.3 Å². The van der Waals surface area contributed by atoms with Gasteiger partial charge in [0.15, 0.2) is 5.75 Å². The summed E-state index contributed by atoms with van der Waals surface area (Å²) in [6, 6.07) is 9.30. The number of rotatable bonds is 5. The van der Waals surface area contributed by atoms with E-state index in [1.54, 1.807) is 0 Å². The SMILES string of the molecule is O=C(O)c1ccccc1N=Nc1c(O)c(S(=O)(=O)O)cc2cc(S(=O)(=O)O)ccc12.[NaH]. The zero-order valence-corrected chi connectivity index (χ0v) is 16.3. The van der Waals surface area contributed by atoms with Crippen molar-refractivity contribution in [3.63, 3.8) is 0 Å². The minimum absolute atomic E-state index is 0. The summed E-state index contributed by atoms with van der Waals surface area (Å²) >= 11 is 0. The van der Waals surface area contributed by atoms with Gasteiger partial charge in [-0.15, -0.1) is 10.2 Å². The van der Waals surface area contributed by atoms with Crippen LogP contribution in [0.5, 0.6) is 5.75 Å². The number of benzene rings is 3. The van der Waals surface area contributed by atoms with Crippen molar-refractivity contribution >= 4 is 77.9 Å².